The van der Waals surface area contributed by atoms with Gasteiger partial charge in [-0.2, -0.15) is 0 Å². The molecule has 1 aromatic heterocycles. The zero-order valence-electron chi connectivity index (χ0n) is 11.5. The van der Waals surface area contributed by atoms with Gasteiger partial charge in [-0.1, -0.05) is 30.3 Å². The van der Waals surface area contributed by atoms with Crippen LogP contribution in [-0.2, 0) is 11.4 Å². The number of aromatic nitrogens is 2. The molecule has 0 spiro atoms. The Kier molecular flexibility index (Phi) is 2.21. The third kappa shape index (κ3) is 1.56. The molecule has 0 aliphatic carbocycles. The van der Waals surface area contributed by atoms with E-state index in [0.717, 1.165) is 30.0 Å². The van der Waals surface area contributed by atoms with Gasteiger partial charge in [0.05, 0.1) is 23.3 Å². The maximum absolute atomic E-state index is 6.13. The first-order chi connectivity index (χ1) is 10.4. The highest BCUT2D eigenvalue weighted by Crippen LogP contribution is 2.42. The number of hydrogen-bond acceptors (Lipinski definition) is 3. The Morgan fingerprint density at radius 1 is 1.00 bits per heavy atom. The molecular formula is C17H15N3O. The fraction of sp³-hybridized carbons (Fsp3) is 0.235. The van der Waals surface area contributed by atoms with Crippen molar-refractivity contribution >= 4 is 16.7 Å². The van der Waals surface area contributed by atoms with Crippen molar-refractivity contribution in [2.24, 2.45) is 0 Å². The number of rotatable bonds is 1. The molecule has 21 heavy (non-hydrogen) atoms. The van der Waals surface area contributed by atoms with Crippen LogP contribution in [0.2, 0.25) is 0 Å². The summed E-state index contributed by atoms with van der Waals surface area (Å²) in [6, 6.07) is 18.9. The molecular weight excluding hydrogens is 262 g/mol. The van der Waals surface area contributed by atoms with Crippen molar-refractivity contribution in [1.82, 2.24) is 9.55 Å². The Bertz CT molecular complexity index is 811. The summed E-state index contributed by atoms with van der Waals surface area (Å²) in [4.78, 5) is 11.0. The zero-order valence-corrected chi connectivity index (χ0v) is 11.5. The van der Waals surface area contributed by atoms with Crippen molar-refractivity contribution in [3.05, 3.63) is 60.4 Å². The van der Waals surface area contributed by atoms with Crippen molar-refractivity contribution in [3.63, 3.8) is 0 Å². The molecule has 2 aromatic carbocycles. The third-order valence-electron chi connectivity index (χ3n) is 4.41. The van der Waals surface area contributed by atoms with Crippen LogP contribution in [0.5, 0.6) is 0 Å². The molecule has 4 nitrogen and oxygen atoms in total. The molecule has 0 amide bonds. The van der Waals surface area contributed by atoms with Crippen LogP contribution in [0, 0.1) is 0 Å². The van der Waals surface area contributed by atoms with E-state index in [4.69, 9.17) is 9.82 Å². The second kappa shape index (κ2) is 4.09. The molecule has 0 saturated carbocycles. The van der Waals surface area contributed by atoms with E-state index < -0.39 is 0 Å². The fourth-order valence-electron chi connectivity index (χ4n) is 3.50. The lowest BCUT2D eigenvalue weighted by atomic mass is 10.1. The van der Waals surface area contributed by atoms with Crippen molar-refractivity contribution in [2.75, 3.05) is 5.06 Å². The van der Waals surface area contributed by atoms with E-state index in [1.54, 1.807) is 0 Å². The van der Waals surface area contributed by atoms with E-state index in [1.165, 1.54) is 5.52 Å². The quantitative estimate of drug-likeness (QED) is 0.683. The van der Waals surface area contributed by atoms with Crippen LogP contribution < -0.4 is 5.06 Å². The number of fused-ring (bicyclic) bond motifs is 6. The molecule has 2 atom stereocenters. The van der Waals surface area contributed by atoms with Crippen LogP contribution in [0.25, 0.3) is 11.0 Å². The number of anilines is 1. The lowest BCUT2D eigenvalue weighted by molar-refractivity contribution is 0.0784. The standard InChI is InChI=1S/C17H15N3O/c1-2-6-12(7-3-1)20-16-10-13(21-20)11-19-15-9-5-4-8-14(15)18-17(16)19/h1-9,13,16H,10-11H2/t13-,16+/m0/s1. The van der Waals surface area contributed by atoms with Gasteiger partial charge >= 0.3 is 0 Å². The lowest BCUT2D eigenvalue weighted by Gasteiger charge is -2.23. The van der Waals surface area contributed by atoms with Gasteiger partial charge in [0.15, 0.2) is 0 Å². The number of hydroxylamine groups is 1. The second-order valence-electron chi connectivity index (χ2n) is 5.71. The Morgan fingerprint density at radius 2 is 1.81 bits per heavy atom. The third-order valence-corrected chi connectivity index (χ3v) is 4.41. The van der Waals surface area contributed by atoms with Crippen molar-refractivity contribution in [2.45, 2.75) is 25.1 Å². The van der Waals surface area contributed by atoms with Gasteiger partial charge in [0.2, 0.25) is 0 Å². The summed E-state index contributed by atoms with van der Waals surface area (Å²) in [6.45, 7) is 0.885. The number of benzene rings is 2. The molecule has 0 unspecified atom stereocenters. The van der Waals surface area contributed by atoms with Crippen LogP contribution in [0.4, 0.5) is 5.69 Å². The highest BCUT2D eigenvalue weighted by molar-refractivity contribution is 5.76. The van der Waals surface area contributed by atoms with Gasteiger partial charge in [-0.3, -0.25) is 4.84 Å². The largest absolute Gasteiger partial charge is 0.323 e. The molecule has 2 aliphatic rings. The fourth-order valence-corrected chi connectivity index (χ4v) is 3.50. The normalized spacial score (nSPS) is 23.5. The minimum Gasteiger partial charge on any atom is -0.323 e. The average molecular weight is 277 g/mol. The maximum Gasteiger partial charge on any atom is 0.135 e. The summed E-state index contributed by atoms with van der Waals surface area (Å²) in [5.41, 5.74) is 3.39. The maximum atomic E-state index is 6.13. The molecule has 5 rings (SSSR count). The van der Waals surface area contributed by atoms with E-state index in [9.17, 15) is 0 Å². The predicted octanol–water partition coefficient (Wildman–Crippen LogP) is 3.30. The van der Waals surface area contributed by atoms with E-state index in [1.807, 2.05) is 29.3 Å². The molecule has 1 fully saturated rings. The van der Waals surface area contributed by atoms with E-state index in [2.05, 4.69) is 34.9 Å². The topological polar surface area (TPSA) is 30.3 Å². The van der Waals surface area contributed by atoms with E-state index >= 15 is 0 Å². The van der Waals surface area contributed by atoms with Crippen LogP contribution in [0.15, 0.2) is 54.6 Å². The zero-order chi connectivity index (χ0) is 13.8. The van der Waals surface area contributed by atoms with Gasteiger partial charge in [0.25, 0.3) is 0 Å². The van der Waals surface area contributed by atoms with Gasteiger partial charge in [0, 0.05) is 6.42 Å². The first-order valence-electron chi connectivity index (χ1n) is 7.36. The molecule has 0 N–H and O–H groups in total. The van der Waals surface area contributed by atoms with Crippen LogP contribution in [0.3, 0.4) is 0 Å². The Hall–Kier alpha value is -2.33. The molecule has 2 aliphatic heterocycles. The molecule has 0 radical (unpaired) electrons. The highest BCUT2D eigenvalue weighted by atomic mass is 16.7. The summed E-state index contributed by atoms with van der Waals surface area (Å²) in [7, 11) is 0. The smallest absolute Gasteiger partial charge is 0.135 e. The predicted molar refractivity (Wildman–Crippen MR) is 80.9 cm³/mol. The van der Waals surface area contributed by atoms with Gasteiger partial charge in [-0.15, -0.1) is 0 Å². The molecule has 2 bridgehead atoms. The summed E-state index contributed by atoms with van der Waals surface area (Å²) >= 11 is 0. The average Bonchev–Trinajstić information content (AvgIpc) is 3.08. The number of hydrogen-bond donors (Lipinski definition) is 0. The van der Waals surface area contributed by atoms with E-state index in [0.29, 0.717) is 0 Å². The minimum atomic E-state index is 0.207. The molecule has 4 heteroatoms. The molecule has 3 aromatic rings. The summed E-state index contributed by atoms with van der Waals surface area (Å²) in [6.07, 6.45) is 1.25. The Balaban J connectivity index is 1.67. The summed E-state index contributed by atoms with van der Waals surface area (Å²) in [5.74, 6) is 1.12. The summed E-state index contributed by atoms with van der Waals surface area (Å²) in [5, 5.41) is 2.04. The van der Waals surface area contributed by atoms with Crippen LogP contribution in [-0.4, -0.2) is 15.7 Å². The van der Waals surface area contributed by atoms with Gasteiger partial charge in [-0.25, -0.2) is 10.0 Å². The molecule has 104 valence electrons. The first kappa shape index (κ1) is 11.3. The number of imidazole rings is 1. The minimum absolute atomic E-state index is 0.207. The first-order valence-corrected chi connectivity index (χ1v) is 7.36. The van der Waals surface area contributed by atoms with Gasteiger partial charge in [-0.05, 0) is 24.3 Å². The van der Waals surface area contributed by atoms with Crippen LogP contribution in [0.1, 0.15) is 18.3 Å². The van der Waals surface area contributed by atoms with Crippen molar-refractivity contribution < 1.29 is 4.84 Å². The van der Waals surface area contributed by atoms with Gasteiger partial charge < -0.3 is 4.57 Å². The van der Waals surface area contributed by atoms with Crippen molar-refractivity contribution in [3.8, 4) is 0 Å². The monoisotopic (exact) mass is 277 g/mol. The van der Waals surface area contributed by atoms with Gasteiger partial charge in [0.1, 0.15) is 18.0 Å². The second-order valence-corrected chi connectivity index (χ2v) is 5.71. The van der Waals surface area contributed by atoms with E-state index in [-0.39, 0.29) is 12.1 Å². The highest BCUT2D eigenvalue weighted by Gasteiger charge is 2.42. The summed E-state index contributed by atoms with van der Waals surface area (Å²) < 4.78 is 2.32. The lowest BCUT2D eigenvalue weighted by Crippen LogP contribution is -2.23. The Labute approximate surface area is 122 Å². The molecule has 3 heterocycles. The number of nitrogens with zero attached hydrogens (tertiary/aromatic N) is 3. The SMILES string of the molecule is c1ccc(N2O[C@H]3C[C@@H]2c2nc4ccccc4n2C3)cc1. The Morgan fingerprint density at radius 3 is 2.71 bits per heavy atom. The number of para-hydroxylation sites is 3. The van der Waals surface area contributed by atoms with Crippen LogP contribution >= 0.6 is 0 Å². The molecule has 1 saturated heterocycles. The van der Waals surface area contributed by atoms with Crippen molar-refractivity contribution in [1.29, 1.82) is 0 Å².